The minimum atomic E-state index is -0.783. The third kappa shape index (κ3) is 4.49. The zero-order chi connectivity index (χ0) is 12.8. The first kappa shape index (κ1) is 15.4. The van der Waals surface area contributed by atoms with Gasteiger partial charge in [0.2, 0.25) is 5.91 Å². The van der Waals surface area contributed by atoms with Crippen LogP contribution in [0.15, 0.2) is 0 Å². The van der Waals surface area contributed by atoms with Crippen molar-refractivity contribution in [3.05, 3.63) is 0 Å². The second-order valence-electron chi connectivity index (χ2n) is 4.84. The van der Waals surface area contributed by atoms with Gasteiger partial charge in [-0.05, 0) is 33.6 Å². The van der Waals surface area contributed by atoms with Gasteiger partial charge in [0.25, 0.3) is 0 Å². The number of rotatable bonds is 7. The first-order chi connectivity index (χ1) is 7.36. The van der Waals surface area contributed by atoms with Crippen molar-refractivity contribution < 1.29 is 9.90 Å². The molecule has 0 radical (unpaired) electrons. The fourth-order valence-corrected chi connectivity index (χ4v) is 1.79. The van der Waals surface area contributed by atoms with E-state index in [0.29, 0.717) is 19.4 Å². The van der Waals surface area contributed by atoms with E-state index >= 15 is 0 Å². The lowest BCUT2D eigenvalue weighted by atomic mass is 9.95. The molecular formula is C12H26N2O2. The Morgan fingerprint density at radius 2 is 2.06 bits per heavy atom. The number of amides is 1. The summed E-state index contributed by atoms with van der Waals surface area (Å²) < 4.78 is 0. The number of hydrogen-bond acceptors (Lipinski definition) is 3. The Morgan fingerprint density at radius 3 is 2.44 bits per heavy atom. The first-order valence-corrected chi connectivity index (χ1v) is 6.07. The van der Waals surface area contributed by atoms with E-state index in [1.165, 1.54) is 0 Å². The van der Waals surface area contributed by atoms with E-state index in [1.807, 2.05) is 20.8 Å². The lowest BCUT2D eigenvalue weighted by molar-refractivity contribution is -0.138. The molecule has 1 amide bonds. The third-order valence-corrected chi connectivity index (χ3v) is 2.70. The molecule has 0 heterocycles. The monoisotopic (exact) mass is 230 g/mol. The number of aliphatic hydroxyl groups is 1. The average molecular weight is 230 g/mol. The van der Waals surface area contributed by atoms with Gasteiger partial charge in [0, 0.05) is 19.2 Å². The third-order valence-electron chi connectivity index (χ3n) is 2.70. The van der Waals surface area contributed by atoms with Crippen molar-refractivity contribution in [3.8, 4) is 0 Å². The quantitative estimate of drug-likeness (QED) is 0.689. The molecule has 0 bridgehead atoms. The molecule has 16 heavy (non-hydrogen) atoms. The molecule has 96 valence electrons. The van der Waals surface area contributed by atoms with E-state index in [9.17, 15) is 4.79 Å². The highest BCUT2D eigenvalue weighted by Crippen LogP contribution is 2.15. The Bertz CT molecular complexity index is 215. The average Bonchev–Trinajstić information content (AvgIpc) is 2.17. The van der Waals surface area contributed by atoms with Crippen LogP contribution in [0.1, 0.15) is 47.0 Å². The summed E-state index contributed by atoms with van der Waals surface area (Å²) in [5.41, 5.74) is 5.24. The molecule has 0 aliphatic heterocycles. The Balaban J connectivity index is 4.59. The Hall–Kier alpha value is -0.610. The highest BCUT2D eigenvalue weighted by Gasteiger charge is 2.32. The van der Waals surface area contributed by atoms with Crippen molar-refractivity contribution in [3.63, 3.8) is 0 Å². The van der Waals surface area contributed by atoms with E-state index in [0.717, 1.165) is 6.42 Å². The highest BCUT2D eigenvalue weighted by molar-refractivity contribution is 5.85. The van der Waals surface area contributed by atoms with Gasteiger partial charge in [-0.15, -0.1) is 0 Å². The summed E-state index contributed by atoms with van der Waals surface area (Å²) in [5.74, 6) is -0.0159. The van der Waals surface area contributed by atoms with Gasteiger partial charge in [0.05, 0.1) is 5.54 Å². The van der Waals surface area contributed by atoms with Gasteiger partial charge in [0.1, 0.15) is 0 Å². The van der Waals surface area contributed by atoms with Crippen LogP contribution in [0.5, 0.6) is 0 Å². The Labute approximate surface area is 98.8 Å². The van der Waals surface area contributed by atoms with E-state index in [4.69, 9.17) is 10.8 Å². The zero-order valence-electron chi connectivity index (χ0n) is 11.0. The van der Waals surface area contributed by atoms with Gasteiger partial charge >= 0.3 is 0 Å². The topological polar surface area (TPSA) is 66.6 Å². The van der Waals surface area contributed by atoms with Crippen molar-refractivity contribution in [2.24, 2.45) is 5.73 Å². The predicted octanol–water partition coefficient (Wildman–Crippen LogP) is 1.12. The van der Waals surface area contributed by atoms with Gasteiger partial charge in [-0.2, -0.15) is 0 Å². The molecule has 0 saturated carbocycles. The van der Waals surface area contributed by atoms with Crippen LogP contribution < -0.4 is 5.73 Å². The normalized spacial score (nSPS) is 14.9. The van der Waals surface area contributed by atoms with E-state index in [-0.39, 0.29) is 18.6 Å². The minimum absolute atomic E-state index is 0.0159. The molecule has 0 aliphatic rings. The molecule has 0 fully saturated rings. The van der Waals surface area contributed by atoms with Crippen molar-refractivity contribution in [2.75, 3.05) is 13.2 Å². The summed E-state index contributed by atoms with van der Waals surface area (Å²) in [6.07, 6.45) is 2.19. The molecular weight excluding hydrogens is 204 g/mol. The minimum Gasteiger partial charge on any atom is -0.396 e. The van der Waals surface area contributed by atoms with Gasteiger partial charge in [-0.25, -0.2) is 0 Å². The summed E-state index contributed by atoms with van der Waals surface area (Å²) >= 11 is 0. The molecule has 3 N–H and O–H groups in total. The maximum atomic E-state index is 12.2. The van der Waals surface area contributed by atoms with Crippen LogP contribution in [-0.4, -0.2) is 40.6 Å². The summed E-state index contributed by atoms with van der Waals surface area (Å²) in [5, 5.41) is 8.82. The number of hydrogen-bond donors (Lipinski definition) is 2. The van der Waals surface area contributed by atoms with Gasteiger partial charge < -0.3 is 15.7 Å². The molecule has 0 aromatic carbocycles. The van der Waals surface area contributed by atoms with Gasteiger partial charge in [0.15, 0.2) is 0 Å². The van der Waals surface area contributed by atoms with Gasteiger partial charge in [-0.3, -0.25) is 4.79 Å². The van der Waals surface area contributed by atoms with Crippen LogP contribution >= 0.6 is 0 Å². The standard InChI is InChI=1S/C12H26N2O2/c1-5-7-12(4,13)11(16)14(10(2)3)8-6-9-15/h10,15H,5-9,13H2,1-4H3. The number of nitrogens with two attached hydrogens (primary N) is 1. The molecule has 0 saturated heterocycles. The summed E-state index contributed by atoms with van der Waals surface area (Å²) in [7, 11) is 0. The smallest absolute Gasteiger partial charge is 0.242 e. The predicted molar refractivity (Wildman–Crippen MR) is 66.1 cm³/mol. The van der Waals surface area contributed by atoms with Crippen molar-refractivity contribution in [1.82, 2.24) is 4.90 Å². The van der Waals surface area contributed by atoms with Crippen LogP contribution in [0, 0.1) is 0 Å². The number of carbonyl (C=O) groups excluding carboxylic acids is 1. The second-order valence-corrected chi connectivity index (χ2v) is 4.84. The first-order valence-electron chi connectivity index (χ1n) is 6.07. The van der Waals surface area contributed by atoms with Crippen molar-refractivity contribution in [2.45, 2.75) is 58.5 Å². The number of carbonyl (C=O) groups is 1. The molecule has 0 spiro atoms. The lowest BCUT2D eigenvalue weighted by Gasteiger charge is -2.34. The summed E-state index contributed by atoms with van der Waals surface area (Å²) in [4.78, 5) is 14.0. The van der Waals surface area contributed by atoms with E-state index in [2.05, 4.69) is 0 Å². The van der Waals surface area contributed by atoms with Crippen LogP contribution in [-0.2, 0) is 4.79 Å². The van der Waals surface area contributed by atoms with Gasteiger partial charge in [-0.1, -0.05) is 13.3 Å². The summed E-state index contributed by atoms with van der Waals surface area (Å²) in [6.45, 7) is 8.42. The number of nitrogens with zero attached hydrogens (tertiary/aromatic N) is 1. The van der Waals surface area contributed by atoms with Crippen LogP contribution in [0.4, 0.5) is 0 Å². The molecule has 0 rings (SSSR count). The van der Waals surface area contributed by atoms with Crippen LogP contribution in [0.3, 0.4) is 0 Å². The highest BCUT2D eigenvalue weighted by atomic mass is 16.3. The molecule has 0 aliphatic carbocycles. The van der Waals surface area contributed by atoms with Crippen LogP contribution in [0.25, 0.3) is 0 Å². The van der Waals surface area contributed by atoms with Crippen molar-refractivity contribution in [1.29, 1.82) is 0 Å². The molecule has 1 atom stereocenters. The zero-order valence-corrected chi connectivity index (χ0v) is 11.0. The lowest BCUT2D eigenvalue weighted by Crippen LogP contribution is -2.55. The maximum absolute atomic E-state index is 12.2. The SMILES string of the molecule is CCCC(C)(N)C(=O)N(CCCO)C(C)C. The number of aliphatic hydroxyl groups excluding tert-OH is 1. The molecule has 4 heteroatoms. The summed E-state index contributed by atoms with van der Waals surface area (Å²) in [6, 6.07) is 0.124. The maximum Gasteiger partial charge on any atom is 0.242 e. The van der Waals surface area contributed by atoms with Crippen molar-refractivity contribution >= 4 is 5.91 Å². The fourth-order valence-electron chi connectivity index (χ4n) is 1.79. The van der Waals surface area contributed by atoms with E-state index in [1.54, 1.807) is 11.8 Å². The van der Waals surface area contributed by atoms with Crippen LogP contribution in [0.2, 0.25) is 0 Å². The molecule has 0 aromatic rings. The van der Waals surface area contributed by atoms with E-state index < -0.39 is 5.54 Å². The fraction of sp³-hybridized carbons (Fsp3) is 0.917. The Morgan fingerprint density at radius 1 is 1.50 bits per heavy atom. The largest absolute Gasteiger partial charge is 0.396 e. The second kappa shape index (κ2) is 6.86. The molecule has 4 nitrogen and oxygen atoms in total. The molecule has 0 aromatic heterocycles. The Kier molecular flexibility index (Phi) is 6.60. The molecule has 1 unspecified atom stereocenters.